The second-order valence-electron chi connectivity index (χ2n) is 5.90. The largest absolute Gasteiger partial charge is 0.497 e. The van der Waals surface area contributed by atoms with E-state index in [-0.39, 0.29) is 11.7 Å². The van der Waals surface area contributed by atoms with E-state index < -0.39 is 0 Å². The SMILES string of the molecule is COc1ccc2occ(C(=O)Nc3ncc(Cc4ccc(F)cc4)s3)c2c1. The Morgan fingerprint density at radius 1 is 1.26 bits per heavy atom. The first-order valence-electron chi connectivity index (χ1n) is 8.18. The maximum absolute atomic E-state index is 13.0. The lowest BCUT2D eigenvalue weighted by molar-refractivity contribution is 0.102. The number of thiazole rings is 1. The van der Waals surface area contributed by atoms with Crippen LogP contribution in [0, 0.1) is 5.82 Å². The van der Waals surface area contributed by atoms with Crippen LogP contribution in [0.25, 0.3) is 11.0 Å². The first kappa shape index (κ1) is 17.2. The number of carbonyl (C=O) groups is 1. The molecule has 4 rings (SSSR count). The van der Waals surface area contributed by atoms with Crippen molar-refractivity contribution >= 4 is 33.3 Å². The number of carbonyl (C=O) groups excluding carboxylic acids is 1. The van der Waals surface area contributed by atoms with Gasteiger partial charge in [-0.05, 0) is 35.9 Å². The van der Waals surface area contributed by atoms with Crippen LogP contribution >= 0.6 is 11.3 Å². The first-order chi connectivity index (χ1) is 13.1. The summed E-state index contributed by atoms with van der Waals surface area (Å²) in [5, 5.41) is 3.97. The molecule has 5 nitrogen and oxygen atoms in total. The zero-order chi connectivity index (χ0) is 18.8. The lowest BCUT2D eigenvalue weighted by Gasteiger charge is -2.01. The summed E-state index contributed by atoms with van der Waals surface area (Å²) in [7, 11) is 1.57. The van der Waals surface area contributed by atoms with Crippen LogP contribution in [-0.4, -0.2) is 18.0 Å². The van der Waals surface area contributed by atoms with Gasteiger partial charge in [0.25, 0.3) is 5.91 Å². The Morgan fingerprint density at radius 2 is 2.07 bits per heavy atom. The monoisotopic (exact) mass is 382 g/mol. The van der Waals surface area contributed by atoms with E-state index >= 15 is 0 Å². The number of hydrogen-bond donors (Lipinski definition) is 1. The number of amides is 1. The molecule has 7 heteroatoms. The smallest absolute Gasteiger partial charge is 0.261 e. The Hall–Kier alpha value is -3.19. The van der Waals surface area contributed by atoms with Crippen molar-refractivity contribution < 1.29 is 18.3 Å². The van der Waals surface area contributed by atoms with E-state index in [0.717, 1.165) is 10.4 Å². The Bertz CT molecular complexity index is 1100. The van der Waals surface area contributed by atoms with Crippen LogP contribution in [0.4, 0.5) is 9.52 Å². The molecule has 2 heterocycles. The highest BCUT2D eigenvalue weighted by molar-refractivity contribution is 7.15. The van der Waals surface area contributed by atoms with Crippen molar-refractivity contribution in [2.45, 2.75) is 6.42 Å². The fraction of sp³-hybridized carbons (Fsp3) is 0.100. The topological polar surface area (TPSA) is 64.4 Å². The molecule has 4 aromatic rings. The van der Waals surface area contributed by atoms with Crippen LogP contribution in [0.1, 0.15) is 20.8 Å². The van der Waals surface area contributed by atoms with E-state index in [2.05, 4.69) is 10.3 Å². The summed E-state index contributed by atoms with van der Waals surface area (Å²) in [4.78, 5) is 17.8. The number of aromatic nitrogens is 1. The molecule has 2 aromatic heterocycles. The van der Waals surface area contributed by atoms with Crippen molar-refractivity contribution in [2.75, 3.05) is 12.4 Å². The van der Waals surface area contributed by atoms with Gasteiger partial charge in [0.05, 0.1) is 12.7 Å². The third-order valence-electron chi connectivity index (χ3n) is 4.09. The average Bonchev–Trinajstić information content (AvgIpc) is 3.29. The van der Waals surface area contributed by atoms with Crippen LogP contribution in [0.3, 0.4) is 0 Å². The molecular formula is C20H15FN2O3S. The van der Waals surface area contributed by atoms with Crippen LogP contribution < -0.4 is 10.1 Å². The molecule has 0 aliphatic heterocycles. The number of benzene rings is 2. The van der Waals surface area contributed by atoms with Crippen LogP contribution in [0.15, 0.2) is 59.3 Å². The summed E-state index contributed by atoms with van der Waals surface area (Å²) in [5.74, 6) is 0.0819. The molecule has 0 bridgehead atoms. The van der Waals surface area contributed by atoms with Gasteiger partial charge in [0, 0.05) is 22.9 Å². The van der Waals surface area contributed by atoms with Crippen molar-refractivity contribution in [3.05, 3.63) is 76.7 Å². The summed E-state index contributed by atoms with van der Waals surface area (Å²) in [5.41, 5.74) is 2.00. The van der Waals surface area contributed by atoms with Crippen molar-refractivity contribution in [1.82, 2.24) is 4.98 Å². The Morgan fingerprint density at radius 3 is 2.85 bits per heavy atom. The van der Waals surface area contributed by atoms with Gasteiger partial charge in [-0.2, -0.15) is 0 Å². The van der Waals surface area contributed by atoms with Crippen molar-refractivity contribution in [1.29, 1.82) is 0 Å². The maximum Gasteiger partial charge on any atom is 0.261 e. The highest BCUT2D eigenvalue weighted by Gasteiger charge is 2.16. The van der Waals surface area contributed by atoms with Crippen LogP contribution in [-0.2, 0) is 6.42 Å². The number of fused-ring (bicyclic) bond motifs is 1. The molecule has 0 spiro atoms. The quantitative estimate of drug-likeness (QED) is 0.534. The maximum atomic E-state index is 13.0. The van der Waals surface area contributed by atoms with Crippen LogP contribution in [0.5, 0.6) is 5.75 Å². The summed E-state index contributed by atoms with van der Waals surface area (Å²) < 4.78 is 23.6. The molecule has 0 aliphatic rings. The van der Waals surface area contributed by atoms with Gasteiger partial charge in [-0.25, -0.2) is 9.37 Å². The summed E-state index contributed by atoms with van der Waals surface area (Å²) >= 11 is 1.38. The fourth-order valence-electron chi connectivity index (χ4n) is 2.73. The molecule has 0 saturated heterocycles. The molecule has 0 fully saturated rings. The normalized spacial score (nSPS) is 10.9. The lowest BCUT2D eigenvalue weighted by atomic mass is 10.1. The number of ether oxygens (including phenoxy) is 1. The number of hydrogen-bond acceptors (Lipinski definition) is 5. The van der Waals surface area contributed by atoms with Gasteiger partial charge in [-0.3, -0.25) is 10.1 Å². The minimum Gasteiger partial charge on any atom is -0.497 e. The zero-order valence-corrected chi connectivity index (χ0v) is 15.2. The third kappa shape index (κ3) is 3.68. The first-order valence-corrected chi connectivity index (χ1v) is 9.00. The number of furan rings is 1. The lowest BCUT2D eigenvalue weighted by Crippen LogP contribution is -2.10. The molecule has 136 valence electrons. The van der Waals surface area contributed by atoms with E-state index in [4.69, 9.17) is 9.15 Å². The minimum absolute atomic E-state index is 0.264. The second-order valence-corrected chi connectivity index (χ2v) is 7.02. The molecule has 1 amide bonds. The molecule has 0 aliphatic carbocycles. The zero-order valence-electron chi connectivity index (χ0n) is 14.4. The molecule has 1 N–H and O–H groups in total. The molecule has 2 aromatic carbocycles. The van der Waals surface area contributed by atoms with E-state index in [1.165, 1.54) is 29.7 Å². The number of halogens is 1. The van der Waals surface area contributed by atoms with Gasteiger partial charge in [0.2, 0.25) is 0 Å². The molecular weight excluding hydrogens is 367 g/mol. The van der Waals surface area contributed by atoms with Gasteiger partial charge in [-0.1, -0.05) is 12.1 Å². The molecule has 0 unspecified atom stereocenters. The summed E-state index contributed by atoms with van der Waals surface area (Å²) in [6.45, 7) is 0. The predicted molar refractivity (Wildman–Crippen MR) is 102 cm³/mol. The number of rotatable bonds is 5. The van der Waals surface area contributed by atoms with E-state index in [9.17, 15) is 9.18 Å². The highest BCUT2D eigenvalue weighted by Crippen LogP contribution is 2.27. The Labute approximate surface area is 158 Å². The summed E-state index contributed by atoms with van der Waals surface area (Å²) in [6.07, 6.45) is 3.76. The fourth-order valence-corrected chi connectivity index (χ4v) is 3.57. The molecule has 27 heavy (non-hydrogen) atoms. The van der Waals surface area contributed by atoms with Crippen LogP contribution in [0.2, 0.25) is 0 Å². The van der Waals surface area contributed by atoms with E-state index in [0.29, 0.717) is 33.8 Å². The summed E-state index contributed by atoms with van der Waals surface area (Å²) in [6, 6.07) is 11.6. The third-order valence-corrected chi connectivity index (χ3v) is 5.00. The Kier molecular flexibility index (Phi) is 4.60. The van der Waals surface area contributed by atoms with Crippen molar-refractivity contribution in [2.24, 2.45) is 0 Å². The molecule has 0 atom stereocenters. The predicted octanol–water partition coefficient (Wildman–Crippen LogP) is 4.88. The van der Waals surface area contributed by atoms with Gasteiger partial charge >= 0.3 is 0 Å². The number of anilines is 1. The average molecular weight is 382 g/mol. The van der Waals surface area contributed by atoms with Gasteiger partial charge in [0.15, 0.2) is 5.13 Å². The van der Waals surface area contributed by atoms with Gasteiger partial charge in [0.1, 0.15) is 23.4 Å². The van der Waals surface area contributed by atoms with E-state index in [1.54, 1.807) is 43.6 Å². The van der Waals surface area contributed by atoms with E-state index in [1.807, 2.05) is 0 Å². The number of methoxy groups -OCH3 is 1. The minimum atomic E-state index is -0.301. The number of nitrogens with zero attached hydrogens (tertiary/aromatic N) is 1. The molecule has 0 saturated carbocycles. The molecule has 0 radical (unpaired) electrons. The van der Waals surface area contributed by atoms with Crippen molar-refractivity contribution in [3.63, 3.8) is 0 Å². The standard InChI is InChI=1S/C20H15FN2O3S/c1-25-14-6-7-18-16(9-14)17(11-26-18)19(24)23-20-22-10-15(27-20)8-12-2-4-13(21)5-3-12/h2-7,9-11H,8H2,1H3,(H,22,23,24). The van der Waals surface area contributed by atoms with Gasteiger partial charge in [-0.15, -0.1) is 11.3 Å². The second kappa shape index (κ2) is 7.20. The highest BCUT2D eigenvalue weighted by atomic mass is 32.1. The Balaban J connectivity index is 1.50. The number of nitrogens with one attached hydrogen (secondary N) is 1. The van der Waals surface area contributed by atoms with Gasteiger partial charge < -0.3 is 9.15 Å². The van der Waals surface area contributed by atoms with Crippen molar-refractivity contribution in [3.8, 4) is 5.75 Å².